The smallest absolute Gasteiger partial charge is 0 e. The Balaban J connectivity index is 0. The van der Waals surface area contributed by atoms with Crippen LogP contribution in [-0.4, -0.2) is 0 Å². The van der Waals surface area contributed by atoms with E-state index in [0.29, 0.717) is 0 Å². The molecule has 0 aliphatic carbocycles. The Morgan fingerprint density at radius 3 is 1.25 bits per heavy atom. The molecular weight excluding hydrogens is 191 g/mol. The molecule has 30 valence electrons. The van der Waals surface area contributed by atoms with E-state index < -0.39 is 0 Å². The van der Waals surface area contributed by atoms with Gasteiger partial charge in [-0.05, 0) is 0 Å². The topological polar surface area (TPSA) is 14.1 Å². The van der Waals surface area contributed by atoms with Gasteiger partial charge in [-0.2, -0.15) is 0 Å². The number of hydrogen-bond acceptors (Lipinski definition) is 0. The van der Waals surface area contributed by atoms with Gasteiger partial charge in [0.05, 0.1) is 0 Å². The molecule has 0 aromatic carbocycles. The summed E-state index contributed by atoms with van der Waals surface area (Å²) in [5.74, 6) is 0. The van der Waals surface area contributed by atoms with Crippen LogP contribution in [0.25, 0.3) is 4.35 Å². The van der Waals surface area contributed by atoms with Gasteiger partial charge in [0.1, 0.15) is 0 Å². The Labute approximate surface area is 48.5 Å². The summed E-state index contributed by atoms with van der Waals surface area (Å²) in [6.45, 7) is 0. The third-order valence-corrected chi connectivity index (χ3v) is 0. The molecule has 0 heterocycles. The zero-order valence-corrected chi connectivity index (χ0v) is 4.59. The Hall–Kier alpha value is 1.20. The number of nitrogens with zero attached hydrogens (tertiary/aromatic N) is 1. The van der Waals surface area contributed by atoms with Crippen LogP contribution in [0.15, 0.2) is 0 Å². The maximum atomic E-state index is 4.39. The van der Waals surface area contributed by atoms with E-state index in [1.807, 2.05) is 0 Å². The van der Waals surface area contributed by atoms with Crippen LogP contribution in [0.4, 0.5) is 0 Å². The molecule has 0 rings (SSSR count). The van der Waals surface area contributed by atoms with E-state index in [9.17, 15) is 0 Å². The fourth-order valence-corrected chi connectivity index (χ4v) is 0. The van der Waals surface area contributed by atoms with Crippen molar-refractivity contribution < 1.29 is 20.4 Å². The maximum Gasteiger partial charge on any atom is 0 e. The first-order chi connectivity index (χ1) is 1.41. The van der Waals surface area contributed by atoms with Crippen LogP contribution in [0.5, 0.6) is 0 Å². The van der Waals surface area contributed by atoms with Crippen LogP contribution < -0.4 is 0 Å². The molecule has 0 aromatic rings. The van der Waals surface area contributed by atoms with E-state index in [-0.39, 0.29) is 20.4 Å². The minimum absolute atomic E-state index is 0. The van der Waals surface area contributed by atoms with Gasteiger partial charge in [-0.15, -0.1) is 0 Å². The van der Waals surface area contributed by atoms with Gasteiger partial charge in [-0.1, -0.05) is 0 Å². The van der Waals surface area contributed by atoms with Crippen molar-refractivity contribution in [3.63, 3.8) is 0 Å². The summed E-state index contributed by atoms with van der Waals surface area (Å²) in [5.41, 5.74) is 0. The summed E-state index contributed by atoms with van der Waals surface area (Å²) in [7, 11) is 0. The predicted octanol–water partition coefficient (Wildman–Crippen LogP) is 1.67. The van der Waals surface area contributed by atoms with Crippen molar-refractivity contribution in [2.75, 3.05) is 0 Å². The molecule has 0 saturated heterocycles. The van der Waals surface area contributed by atoms with Gasteiger partial charge >= 0.3 is 0 Å². The van der Waals surface area contributed by atoms with Crippen molar-refractivity contribution in [2.45, 2.75) is 0 Å². The van der Waals surface area contributed by atoms with E-state index in [4.69, 9.17) is 0 Å². The minimum Gasteiger partial charge on any atom is -0.489 e. The molecule has 0 radical (unpaired) electrons. The van der Waals surface area contributed by atoms with Crippen LogP contribution in [0.2, 0.25) is 0 Å². The SMILES string of the molecule is Cl[N-]Cl.[Pd]. The molecule has 0 N–H and O–H groups in total. The summed E-state index contributed by atoms with van der Waals surface area (Å²) in [6, 6.07) is 0. The zero-order chi connectivity index (χ0) is 2.71. The molecule has 0 aliphatic heterocycles. The molecule has 0 aromatic heterocycles. The van der Waals surface area contributed by atoms with E-state index in [1.54, 1.807) is 0 Å². The Morgan fingerprint density at radius 1 is 1.25 bits per heavy atom. The Morgan fingerprint density at radius 2 is 1.25 bits per heavy atom. The summed E-state index contributed by atoms with van der Waals surface area (Å²) in [4.78, 5) is 0. The van der Waals surface area contributed by atoms with E-state index >= 15 is 0 Å². The molecule has 0 amide bonds. The van der Waals surface area contributed by atoms with Gasteiger partial charge in [0.2, 0.25) is 0 Å². The predicted molar refractivity (Wildman–Crippen MR) is 15.1 cm³/mol. The summed E-state index contributed by atoms with van der Waals surface area (Å²) >= 11 is 8.78. The molecule has 1 nitrogen and oxygen atoms in total. The molecule has 4 heavy (non-hydrogen) atoms. The largest absolute Gasteiger partial charge is 0.489 e. The van der Waals surface area contributed by atoms with Crippen molar-refractivity contribution in [3.05, 3.63) is 4.35 Å². The molecule has 0 bridgehead atoms. The average molecular weight is 191 g/mol. The number of halogens is 2. The third-order valence-electron chi connectivity index (χ3n) is 0. The second-order valence-corrected chi connectivity index (χ2v) is 0.575. The first-order valence-corrected chi connectivity index (χ1v) is 1.01. The molecular formula is Cl2NPd-. The molecule has 0 fully saturated rings. The van der Waals surface area contributed by atoms with Crippen LogP contribution >= 0.6 is 23.6 Å². The number of hydrogen-bond donors (Lipinski definition) is 0. The second-order valence-electron chi connectivity index (χ2n) is 0.0639. The third kappa shape index (κ3) is 10.7. The van der Waals surface area contributed by atoms with Crippen LogP contribution in [-0.2, 0) is 20.4 Å². The van der Waals surface area contributed by atoms with Crippen molar-refractivity contribution in [1.82, 2.24) is 0 Å². The van der Waals surface area contributed by atoms with Crippen LogP contribution in [0.3, 0.4) is 0 Å². The molecule has 4 heteroatoms. The standard InChI is InChI=1S/Cl2N.Pd/c1-3-2;/q-1;. The first kappa shape index (κ1) is 8.96. The molecule has 0 saturated carbocycles. The first-order valence-electron chi connectivity index (χ1n) is 0.338. The van der Waals surface area contributed by atoms with Gasteiger partial charge in [0, 0.05) is 20.4 Å². The van der Waals surface area contributed by atoms with Crippen molar-refractivity contribution in [1.29, 1.82) is 0 Å². The van der Waals surface area contributed by atoms with Crippen LogP contribution in [0.1, 0.15) is 0 Å². The minimum atomic E-state index is 0. The zero-order valence-electron chi connectivity index (χ0n) is 1.52. The van der Waals surface area contributed by atoms with Crippen molar-refractivity contribution in [2.24, 2.45) is 0 Å². The van der Waals surface area contributed by atoms with E-state index in [1.165, 1.54) is 0 Å². The van der Waals surface area contributed by atoms with Gasteiger partial charge in [-0.25, -0.2) is 0 Å². The second kappa shape index (κ2) is 8.88. The summed E-state index contributed by atoms with van der Waals surface area (Å²) in [5, 5.41) is 0. The Bertz CT molecular complexity index is 6.00. The fourth-order valence-electron chi connectivity index (χ4n) is 0. The van der Waals surface area contributed by atoms with Crippen LogP contribution in [0, 0.1) is 0 Å². The maximum absolute atomic E-state index is 4.39. The number of rotatable bonds is 0. The van der Waals surface area contributed by atoms with Crippen molar-refractivity contribution in [3.8, 4) is 0 Å². The average Bonchev–Trinajstić information content (AvgIpc) is 0.918. The molecule has 0 spiro atoms. The normalized spacial score (nSPS) is 4.50. The molecule has 0 aliphatic rings. The quantitative estimate of drug-likeness (QED) is 0.517. The van der Waals surface area contributed by atoms with Gasteiger partial charge in [0.25, 0.3) is 0 Å². The van der Waals surface area contributed by atoms with E-state index in [0.717, 1.165) is 0 Å². The Kier molecular flexibility index (Phi) is 19.9. The van der Waals surface area contributed by atoms with Gasteiger partial charge in [0.15, 0.2) is 0 Å². The van der Waals surface area contributed by atoms with Gasteiger partial charge in [-0.3, -0.25) is 23.6 Å². The molecule has 0 unspecified atom stereocenters. The summed E-state index contributed by atoms with van der Waals surface area (Å²) < 4.78 is 2.44. The van der Waals surface area contributed by atoms with E-state index in [2.05, 4.69) is 27.9 Å². The van der Waals surface area contributed by atoms with Crippen molar-refractivity contribution >= 4 is 23.6 Å². The molecule has 0 atom stereocenters. The van der Waals surface area contributed by atoms with Gasteiger partial charge < -0.3 is 4.35 Å². The summed E-state index contributed by atoms with van der Waals surface area (Å²) in [6.07, 6.45) is 0. The fraction of sp³-hybridized carbons (Fsp3) is 0. The monoisotopic (exact) mass is 190 g/mol.